The fourth-order valence-electron chi connectivity index (χ4n) is 3.58. The predicted octanol–water partition coefficient (Wildman–Crippen LogP) is 0.403. The SMILES string of the molecule is CN=C(NCCc1ccccc1OC)NCC1CN2CCN1CC2. The fourth-order valence-corrected chi connectivity index (χ4v) is 3.58. The van der Waals surface area contributed by atoms with E-state index in [0.29, 0.717) is 6.04 Å². The van der Waals surface area contributed by atoms with Crippen molar-refractivity contribution in [3.8, 4) is 5.75 Å². The van der Waals surface area contributed by atoms with Gasteiger partial charge in [-0.15, -0.1) is 0 Å². The number of nitrogens with one attached hydrogen (secondary N) is 2. The summed E-state index contributed by atoms with van der Waals surface area (Å²) in [5.74, 6) is 1.82. The third-order valence-electron chi connectivity index (χ3n) is 5.00. The molecule has 4 rings (SSSR count). The summed E-state index contributed by atoms with van der Waals surface area (Å²) in [5, 5.41) is 6.88. The van der Waals surface area contributed by atoms with Gasteiger partial charge in [-0.1, -0.05) is 18.2 Å². The van der Waals surface area contributed by atoms with Crippen LogP contribution < -0.4 is 15.4 Å². The maximum atomic E-state index is 5.40. The number of fused-ring (bicyclic) bond motifs is 3. The first kappa shape index (κ1) is 17.0. The highest BCUT2D eigenvalue weighted by atomic mass is 16.5. The minimum Gasteiger partial charge on any atom is -0.496 e. The van der Waals surface area contributed by atoms with Crippen molar-refractivity contribution in [1.29, 1.82) is 0 Å². The van der Waals surface area contributed by atoms with E-state index in [-0.39, 0.29) is 0 Å². The van der Waals surface area contributed by atoms with Gasteiger partial charge in [-0.05, 0) is 18.1 Å². The first-order valence-corrected chi connectivity index (χ1v) is 8.83. The Morgan fingerprint density at radius 3 is 2.67 bits per heavy atom. The van der Waals surface area contributed by atoms with Crippen LogP contribution in [0.25, 0.3) is 0 Å². The Labute approximate surface area is 144 Å². The van der Waals surface area contributed by atoms with Crippen molar-refractivity contribution >= 4 is 5.96 Å². The van der Waals surface area contributed by atoms with E-state index in [1.165, 1.54) is 38.3 Å². The van der Waals surface area contributed by atoms with Gasteiger partial charge in [0.05, 0.1) is 7.11 Å². The smallest absolute Gasteiger partial charge is 0.191 e. The molecule has 24 heavy (non-hydrogen) atoms. The number of rotatable bonds is 6. The minimum atomic E-state index is 0.597. The van der Waals surface area contributed by atoms with E-state index in [0.717, 1.165) is 31.2 Å². The van der Waals surface area contributed by atoms with Crippen molar-refractivity contribution in [1.82, 2.24) is 20.4 Å². The van der Waals surface area contributed by atoms with E-state index >= 15 is 0 Å². The number of hydrogen-bond acceptors (Lipinski definition) is 4. The van der Waals surface area contributed by atoms with Gasteiger partial charge < -0.3 is 15.4 Å². The van der Waals surface area contributed by atoms with Crippen molar-refractivity contribution in [2.45, 2.75) is 12.5 Å². The molecular formula is C18H29N5O. The first-order valence-electron chi connectivity index (χ1n) is 8.83. The van der Waals surface area contributed by atoms with Crippen molar-refractivity contribution in [2.24, 2.45) is 4.99 Å². The van der Waals surface area contributed by atoms with Gasteiger partial charge in [-0.2, -0.15) is 0 Å². The number of benzene rings is 1. The van der Waals surface area contributed by atoms with Crippen LogP contribution in [0.3, 0.4) is 0 Å². The van der Waals surface area contributed by atoms with Crippen molar-refractivity contribution in [3.05, 3.63) is 29.8 Å². The standard InChI is InChI=1S/C18H29N5O/c1-19-18(20-8-7-15-5-3-4-6-17(15)24-2)21-13-16-14-22-9-11-23(16)12-10-22/h3-6,16H,7-14H2,1-2H3,(H2,19,20,21). The molecule has 0 aliphatic carbocycles. The number of guanidine groups is 1. The molecule has 3 heterocycles. The largest absolute Gasteiger partial charge is 0.496 e. The molecular weight excluding hydrogens is 302 g/mol. The van der Waals surface area contributed by atoms with Crippen LogP contribution in [0.5, 0.6) is 5.75 Å². The molecule has 0 amide bonds. The van der Waals surface area contributed by atoms with E-state index in [4.69, 9.17) is 4.74 Å². The molecule has 1 aromatic rings. The average molecular weight is 331 g/mol. The Kier molecular flexibility index (Phi) is 5.93. The molecule has 2 bridgehead atoms. The zero-order chi connectivity index (χ0) is 16.8. The third-order valence-corrected chi connectivity index (χ3v) is 5.00. The highest BCUT2D eigenvalue weighted by Gasteiger charge is 2.31. The van der Waals surface area contributed by atoms with Crippen LogP contribution in [0.4, 0.5) is 0 Å². The number of methoxy groups -OCH3 is 1. The van der Waals surface area contributed by atoms with Crippen LogP contribution in [-0.2, 0) is 6.42 Å². The normalized spacial score (nSPS) is 26.2. The van der Waals surface area contributed by atoms with E-state index in [2.05, 4.69) is 31.5 Å². The summed E-state index contributed by atoms with van der Waals surface area (Å²) in [6.45, 7) is 7.81. The molecule has 3 aliphatic heterocycles. The Morgan fingerprint density at radius 1 is 1.21 bits per heavy atom. The number of ether oxygens (including phenoxy) is 1. The van der Waals surface area contributed by atoms with Gasteiger partial charge in [-0.25, -0.2) is 0 Å². The third kappa shape index (κ3) is 4.19. The van der Waals surface area contributed by atoms with E-state index < -0.39 is 0 Å². The zero-order valence-electron chi connectivity index (χ0n) is 14.8. The van der Waals surface area contributed by atoms with Gasteiger partial charge in [0.25, 0.3) is 0 Å². The van der Waals surface area contributed by atoms with E-state index in [1.54, 1.807) is 7.11 Å². The van der Waals surface area contributed by atoms with E-state index in [9.17, 15) is 0 Å². The second-order valence-corrected chi connectivity index (χ2v) is 6.43. The maximum Gasteiger partial charge on any atom is 0.191 e. The molecule has 3 saturated heterocycles. The van der Waals surface area contributed by atoms with Crippen molar-refractivity contribution in [3.63, 3.8) is 0 Å². The molecule has 0 aromatic heterocycles. The van der Waals surface area contributed by atoms with Crippen LogP contribution in [-0.4, -0.2) is 81.8 Å². The lowest BCUT2D eigenvalue weighted by Gasteiger charge is -2.47. The Bertz CT molecular complexity index is 554. The highest BCUT2D eigenvalue weighted by molar-refractivity contribution is 5.79. The molecule has 3 fully saturated rings. The molecule has 3 aliphatic rings. The lowest BCUT2D eigenvalue weighted by Crippen LogP contribution is -2.63. The van der Waals surface area contributed by atoms with Crippen LogP contribution in [0.15, 0.2) is 29.3 Å². The van der Waals surface area contributed by atoms with Gasteiger partial charge in [0.15, 0.2) is 5.96 Å². The summed E-state index contributed by atoms with van der Waals surface area (Å²) in [6, 6.07) is 8.76. The summed E-state index contributed by atoms with van der Waals surface area (Å²) >= 11 is 0. The van der Waals surface area contributed by atoms with Gasteiger partial charge in [0, 0.05) is 58.9 Å². The topological polar surface area (TPSA) is 52.1 Å². The molecule has 1 aromatic carbocycles. The summed E-state index contributed by atoms with van der Waals surface area (Å²) < 4.78 is 5.40. The number of piperazine rings is 3. The maximum absolute atomic E-state index is 5.40. The lowest BCUT2D eigenvalue weighted by molar-refractivity contribution is 0.0154. The summed E-state index contributed by atoms with van der Waals surface area (Å²) in [4.78, 5) is 9.49. The molecule has 0 radical (unpaired) electrons. The molecule has 1 unspecified atom stereocenters. The summed E-state index contributed by atoms with van der Waals surface area (Å²) in [7, 11) is 3.55. The lowest BCUT2D eigenvalue weighted by atomic mass is 10.1. The molecule has 2 N–H and O–H groups in total. The number of nitrogens with zero attached hydrogens (tertiary/aromatic N) is 3. The average Bonchev–Trinajstić information content (AvgIpc) is 2.65. The monoisotopic (exact) mass is 331 g/mol. The van der Waals surface area contributed by atoms with Crippen molar-refractivity contribution in [2.75, 3.05) is 60.0 Å². The van der Waals surface area contributed by atoms with Crippen LogP contribution in [0, 0.1) is 0 Å². The Hall–Kier alpha value is -1.79. The molecule has 0 spiro atoms. The van der Waals surface area contributed by atoms with Gasteiger partial charge in [0.1, 0.15) is 5.75 Å². The summed E-state index contributed by atoms with van der Waals surface area (Å²) in [5.41, 5.74) is 1.21. The molecule has 132 valence electrons. The number of para-hydroxylation sites is 1. The Balaban J connectivity index is 1.42. The molecule has 6 heteroatoms. The zero-order valence-corrected chi connectivity index (χ0v) is 14.8. The van der Waals surface area contributed by atoms with Gasteiger partial charge in [-0.3, -0.25) is 14.8 Å². The minimum absolute atomic E-state index is 0.597. The molecule has 6 nitrogen and oxygen atoms in total. The van der Waals surface area contributed by atoms with Gasteiger partial charge in [0.2, 0.25) is 0 Å². The summed E-state index contributed by atoms with van der Waals surface area (Å²) in [6.07, 6.45) is 0.911. The predicted molar refractivity (Wildman–Crippen MR) is 97.9 cm³/mol. The van der Waals surface area contributed by atoms with Crippen LogP contribution >= 0.6 is 0 Å². The second kappa shape index (κ2) is 8.35. The van der Waals surface area contributed by atoms with Crippen LogP contribution in [0.1, 0.15) is 5.56 Å². The number of hydrogen-bond donors (Lipinski definition) is 2. The Morgan fingerprint density at radius 2 is 2.00 bits per heavy atom. The second-order valence-electron chi connectivity index (χ2n) is 6.43. The van der Waals surface area contributed by atoms with Crippen molar-refractivity contribution < 1.29 is 4.74 Å². The van der Waals surface area contributed by atoms with Gasteiger partial charge >= 0.3 is 0 Å². The fraction of sp³-hybridized carbons (Fsp3) is 0.611. The quantitative estimate of drug-likeness (QED) is 0.584. The highest BCUT2D eigenvalue weighted by Crippen LogP contribution is 2.17. The number of aliphatic imine (C=N–C) groups is 1. The van der Waals surface area contributed by atoms with Crippen LogP contribution in [0.2, 0.25) is 0 Å². The first-order chi connectivity index (χ1) is 11.8. The molecule has 1 atom stereocenters. The molecule has 0 saturated carbocycles. The van der Waals surface area contributed by atoms with E-state index in [1.807, 2.05) is 25.2 Å².